The summed E-state index contributed by atoms with van der Waals surface area (Å²) in [7, 11) is 0. The van der Waals surface area contributed by atoms with Crippen molar-refractivity contribution in [2.75, 3.05) is 16.8 Å². The maximum atomic E-state index is 12.3. The molecular formula is C19H21BrN2O2. The van der Waals surface area contributed by atoms with Crippen molar-refractivity contribution in [1.29, 1.82) is 0 Å². The van der Waals surface area contributed by atoms with Gasteiger partial charge in [-0.2, -0.15) is 0 Å². The largest absolute Gasteiger partial charge is 0.325 e. The number of hydrogen-bond donors (Lipinski definition) is 1. The topological polar surface area (TPSA) is 49.4 Å². The van der Waals surface area contributed by atoms with Crippen LogP contribution in [0.3, 0.4) is 0 Å². The van der Waals surface area contributed by atoms with E-state index in [1.807, 2.05) is 57.2 Å². The van der Waals surface area contributed by atoms with Crippen LogP contribution in [0.4, 0.5) is 11.4 Å². The van der Waals surface area contributed by atoms with Gasteiger partial charge in [0.1, 0.15) is 6.54 Å². The molecule has 0 heterocycles. The van der Waals surface area contributed by atoms with Crippen LogP contribution < -0.4 is 10.2 Å². The second-order valence-corrected chi connectivity index (χ2v) is 6.74. The Hall–Kier alpha value is -2.14. The lowest BCUT2D eigenvalue weighted by Gasteiger charge is -2.21. The van der Waals surface area contributed by atoms with E-state index in [1.54, 1.807) is 0 Å². The fraction of sp³-hybridized carbons (Fsp3) is 0.263. The smallest absolute Gasteiger partial charge is 0.244 e. The predicted octanol–water partition coefficient (Wildman–Crippen LogP) is 4.37. The van der Waals surface area contributed by atoms with Crippen molar-refractivity contribution < 1.29 is 9.59 Å². The Morgan fingerprint density at radius 2 is 1.71 bits per heavy atom. The molecule has 0 radical (unpaired) electrons. The van der Waals surface area contributed by atoms with Gasteiger partial charge in [0, 0.05) is 22.8 Å². The zero-order valence-electron chi connectivity index (χ0n) is 14.3. The lowest BCUT2D eigenvalue weighted by atomic mass is 10.1. The minimum absolute atomic E-state index is 0.0209. The van der Waals surface area contributed by atoms with Crippen LogP contribution in [-0.4, -0.2) is 18.4 Å². The highest BCUT2D eigenvalue weighted by atomic mass is 79.9. The van der Waals surface area contributed by atoms with E-state index in [4.69, 9.17) is 0 Å². The van der Waals surface area contributed by atoms with Gasteiger partial charge < -0.3 is 10.2 Å². The van der Waals surface area contributed by atoms with Crippen LogP contribution >= 0.6 is 15.9 Å². The first kappa shape index (κ1) is 18.2. The monoisotopic (exact) mass is 388 g/mol. The SMILES string of the molecule is CC(=O)N(CC(=O)Nc1ccc(Br)c(C)c1)c1ccc(C)c(C)c1. The lowest BCUT2D eigenvalue weighted by molar-refractivity contribution is -0.120. The number of hydrogen-bond acceptors (Lipinski definition) is 2. The number of carbonyl (C=O) groups is 2. The summed E-state index contributed by atoms with van der Waals surface area (Å²) in [5.41, 5.74) is 4.71. The number of halogens is 1. The summed E-state index contributed by atoms with van der Waals surface area (Å²) in [6.07, 6.45) is 0. The normalized spacial score (nSPS) is 10.4. The highest BCUT2D eigenvalue weighted by Gasteiger charge is 2.16. The third-order valence-corrected chi connectivity index (χ3v) is 4.82. The summed E-state index contributed by atoms with van der Waals surface area (Å²) in [4.78, 5) is 25.8. The summed E-state index contributed by atoms with van der Waals surface area (Å²) in [5.74, 6) is -0.398. The first-order valence-corrected chi connectivity index (χ1v) is 8.48. The molecule has 126 valence electrons. The molecule has 2 aromatic rings. The summed E-state index contributed by atoms with van der Waals surface area (Å²) in [6, 6.07) is 11.3. The van der Waals surface area contributed by atoms with E-state index in [0.29, 0.717) is 5.69 Å². The summed E-state index contributed by atoms with van der Waals surface area (Å²) in [5, 5.41) is 2.84. The number of amides is 2. The van der Waals surface area contributed by atoms with E-state index in [2.05, 4.69) is 21.2 Å². The fourth-order valence-electron chi connectivity index (χ4n) is 2.34. The molecule has 5 heteroatoms. The van der Waals surface area contributed by atoms with Crippen molar-refractivity contribution in [1.82, 2.24) is 0 Å². The Balaban J connectivity index is 2.15. The van der Waals surface area contributed by atoms with Gasteiger partial charge >= 0.3 is 0 Å². The molecule has 4 nitrogen and oxygen atoms in total. The van der Waals surface area contributed by atoms with Crippen molar-refractivity contribution in [2.24, 2.45) is 0 Å². The molecule has 0 bridgehead atoms. The molecule has 24 heavy (non-hydrogen) atoms. The molecule has 2 aromatic carbocycles. The Labute approximate surface area is 151 Å². The van der Waals surface area contributed by atoms with Crippen LogP contribution in [0.25, 0.3) is 0 Å². The zero-order valence-corrected chi connectivity index (χ0v) is 15.9. The molecule has 0 saturated carbocycles. The van der Waals surface area contributed by atoms with Crippen LogP contribution in [0.15, 0.2) is 40.9 Å². The third kappa shape index (κ3) is 4.45. The van der Waals surface area contributed by atoms with Crippen molar-refractivity contribution in [2.45, 2.75) is 27.7 Å². The number of rotatable bonds is 4. The predicted molar refractivity (Wildman–Crippen MR) is 101 cm³/mol. The minimum Gasteiger partial charge on any atom is -0.325 e. The first-order chi connectivity index (χ1) is 11.3. The summed E-state index contributed by atoms with van der Waals surface area (Å²) < 4.78 is 0.987. The highest BCUT2D eigenvalue weighted by molar-refractivity contribution is 9.10. The van der Waals surface area contributed by atoms with Crippen LogP contribution in [0.1, 0.15) is 23.6 Å². The maximum absolute atomic E-state index is 12.3. The molecule has 1 N–H and O–H groups in total. The van der Waals surface area contributed by atoms with Gasteiger partial charge in [-0.3, -0.25) is 9.59 Å². The van der Waals surface area contributed by atoms with Crippen molar-refractivity contribution in [3.63, 3.8) is 0 Å². The molecule has 0 fully saturated rings. The van der Waals surface area contributed by atoms with E-state index in [9.17, 15) is 9.59 Å². The number of nitrogens with zero attached hydrogens (tertiary/aromatic N) is 1. The van der Waals surface area contributed by atoms with Gasteiger partial charge in [0.05, 0.1) is 0 Å². The van der Waals surface area contributed by atoms with Gasteiger partial charge in [0.15, 0.2) is 0 Å². The molecular weight excluding hydrogens is 368 g/mol. The number of carbonyl (C=O) groups excluding carboxylic acids is 2. The van der Waals surface area contributed by atoms with Crippen molar-refractivity contribution >= 4 is 39.1 Å². The zero-order chi connectivity index (χ0) is 17.9. The number of aryl methyl sites for hydroxylation is 3. The van der Waals surface area contributed by atoms with E-state index in [1.165, 1.54) is 11.8 Å². The molecule has 0 unspecified atom stereocenters. The molecule has 2 amide bonds. The third-order valence-electron chi connectivity index (χ3n) is 3.93. The fourth-order valence-corrected chi connectivity index (χ4v) is 2.59. The Morgan fingerprint density at radius 3 is 2.29 bits per heavy atom. The minimum atomic E-state index is -0.231. The van der Waals surface area contributed by atoms with Crippen LogP contribution in [0.5, 0.6) is 0 Å². The van der Waals surface area contributed by atoms with Gasteiger partial charge in [-0.1, -0.05) is 22.0 Å². The molecule has 0 aliphatic heterocycles. The highest BCUT2D eigenvalue weighted by Crippen LogP contribution is 2.21. The molecule has 0 aliphatic rings. The summed E-state index contributed by atoms with van der Waals surface area (Å²) in [6.45, 7) is 7.40. The van der Waals surface area contributed by atoms with Crippen LogP contribution in [-0.2, 0) is 9.59 Å². The Morgan fingerprint density at radius 1 is 1.00 bits per heavy atom. The molecule has 2 rings (SSSR count). The van der Waals surface area contributed by atoms with Gasteiger partial charge in [-0.15, -0.1) is 0 Å². The average molecular weight is 389 g/mol. The van der Waals surface area contributed by atoms with Gasteiger partial charge in [-0.05, 0) is 67.8 Å². The van der Waals surface area contributed by atoms with Crippen molar-refractivity contribution in [3.05, 3.63) is 57.6 Å². The maximum Gasteiger partial charge on any atom is 0.244 e. The van der Waals surface area contributed by atoms with Crippen molar-refractivity contribution in [3.8, 4) is 0 Å². The lowest BCUT2D eigenvalue weighted by Crippen LogP contribution is -2.36. The van der Waals surface area contributed by atoms with Crippen LogP contribution in [0.2, 0.25) is 0 Å². The molecule has 0 spiro atoms. The average Bonchev–Trinajstić information content (AvgIpc) is 2.51. The van der Waals surface area contributed by atoms with E-state index < -0.39 is 0 Å². The number of benzene rings is 2. The van der Waals surface area contributed by atoms with Gasteiger partial charge in [-0.25, -0.2) is 0 Å². The molecule has 0 aliphatic carbocycles. The van der Waals surface area contributed by atoms with E-state index >= 15 is 0 Å². The first-order valence-electron chi connectivity index (χ1n) is 7.69. The Kier molecular flexibility index (Phi) is 5.78. The van der Waals surface area contributed by atoms with E-state index in [0.717, 1.165) is 26.9 Å². The Bertz CT molecular complexity index is 787. The second kappa shape index (κ2) is 7.62. The van der Waals surface area contributed by atoms with Gasteiger partial charge in [0.25, 0.3) is 0 Å². The van der Waals surface area contributed by atoms with Gasteiger partial charge in [0.2, 0.25) is 11.8 Å². The second-order valence-electron chi connectivity index (χ2n) is 5.89. The molecule has 0 saturated heterocycles. The molecule has 0 aromatic heterocycles. The molecule has 0 atom stereocenters. The quantitative estimate of drug-likeness (QED) is 0.845. The van der Waals surface area contributed by atoms with Crippen LogP contribution in [0, 0.1) is 20.8 Å². The number of nitrogens with one attached hydrogen (secondary N) is 1. The standard InChI is InChI=1S/C19H21BrN2O2/c1-12-5-7-17(10-13(12)2)22(15(4)23)11-19(24)21-16-6-8-18(20)14(3)9-16/h5-10H,11H2,1-4H3,(H,21,24). The summed E-state index contributed by atoms with van der Waals surface area (Å²) >= 11 is 3.43. The number of anilines is 2. The van der Waals surface area contributed by atoms with E-state index in [-0.39, 0.29) is 18.4 Å².